The van der Waals surface area contributed by atoms with Crippen molar-refractivity contribution in [2.45, 2.75) is 70.3 Å². The van der Waals surface area contributed by atoms with Crippen molar-refractivity contribution in [2.24, 2.45) is 0 Å². The molecule has 17 heavy (non-hydrogen) atoms. The summed E-state index contributed by atoms with van der Waals surface area (Å²) in [5.41, 5.74) is 2.66. The number of nitrogens with zero attached hydrogens (tertiary/aromatic N) is 1. The molecule has 3 aliphatic rings. The van der Waals surface area contributed by atoms with Gasteiger partial charge in [0.2, 0.25) is 0 Å². The van der Waals surface area contributed by atoms with E-state index >= 15 is 0 Å². The van der Waals surface area contributed by atoms with Gasteiger partial charge in [0, 0.05) is 30.3 Å². The van der Waals surface area contributed by atoms with Crippen molar-refractivity contribution in [3.8, 4) is 0 Å². The molecule has 0 aromatic rings. The monoisotopic (exact) mass is 233 g/mol. The van der Waals surface area contributed by atoms with Crippen molar-refractivity contribution in [3.63, 3.8) is 0 Å². The number of Topliss-reactive ketones (excluding diaryl/α,β-unsaturated/α-hetero) is 1. The molecule has 0 bridgehead atoms. The second-order valence-electron chi connectivity index (χ2n) is 5.81. The number of allylic oxidation sites excluding steroid dienone is 2. The predicted octanol–water partition coefficient (Wildman–Crippen LogP) is 3.42. The van der Waals surface area contributed by atoms with E-state index in [0.717, 1.165) is 19.3 Å². The summed E-state index contributed by atoms with van der Waals surface area (Å²) >= 11 is 0. The summed E-state index contributed by atoms with van der Waals surface area (Å²) in [6.45, 7) is 1.21. The minimum Gasteiger partial charge on any atom is -0.371 e. The molecule has 0 aromatic carbocycles. The number of hydrogen-bond acceptors (Lipinski definition) is 2. The Labute approximate surface area is 104 Å². The first kappa shape index (κ1) is 11.3. The fourth-order valence-corrected chi connectivity index (χ4v) is 3.77. The third-order valence-corrected chi connectivity index (χ3v) is 4.67. The van der Waals surface area contributed by atoms with Gasteiger partial charge in [0.1, 0.15) is 0 Å². The molecule has 1 unspecified atom stereocenters. The Morgan fingerprint density at radius 1 is 0.941 bits per heavy atom. The molecule has 2 aliphatic heterocycles. The van der Waals surface area contributed by atoms with Gasteiger partial charge in [-0.2, -0.15) is 0 Å². The summed E-state index contributed by atoms with van der Waals surface area (Å²) < 4.78 is 0. The average molecular weight is 233 g/mol. The van der Waals surface area contributed by atoms with E-state index in [1.54, 1.807) is 0 Å². The molecule has 3 rings (SSSR count). The number of hydrogen-bond donors (Lipinski definition) is 0. The molecule has 2 heterocycles. The van der Waals surface area contributed by atoms with Gasteiger partial charge < -0.3 is 4.90 Å². The number of carbonyl (C=O) groups is 1. The van der Waals surface area contributed by atoms with Crippen molar-refractivity contribution in [1.29, 1.82) is 0 Å². The smallest absolute Gasteiger partial charge is 0.162 e. The van der Waals surface area contributed by atoms with Gasteiger partial charge in [0.25, 0.3) is 0 Å². The van der Waals surface area contributed by atoms with Gasteiger partial charge >= 0.3 is 0 Å². The lowest BCUT2D eigenvalue weighted by Crippen LogP contribution is -2.44. The van der Waals surface area contributed by atoms with Gasteiger partial charge in [-0.25, -0.2) is 0 Å². The van der Waals surface area contributed by atoms with E-state index in [0.29, 0.717) is 11.8 Å². The molecule has 0 aromatic heterocycles. The number of ketones is 1. The van der Waals surface area contributed by atoms with Crippen molar-refractivity contribution < 1.29 is 4.79 Å². The second kappa shape index (κ2) is 4.83. The Morgan fingerprint density at radius 3 is 2.65 bits per heavy atom. The topological polar surface area (TPSA) is 20.3 Å². The highest BCUT2D eigenvalue weighted by atomic mass is 16.1. The Bertz CT molecular complexity index is 345. The van der Waals surface area contributed by atoms with Crippen LogP contribution in [0.5, 0.6) is 0 Å². The van der Waals surface area contributed by atoms with Gasteiger partial charge in [0.15, 0.2) is 5.78 Å². The van der Waals surface area contributed by atoms with E-state index < -0.39 is 0 Å². The number of piperidine rings is 1. The minimum absolute atomic E-state index is 0.477. The number of rotatable bonds is 0. The van der Waals surface area contributed by atoms with E-state index in [1.807, 2.05) is 0 Å². The van der Waals surface area contributed by atoms with Crippen LogP contribution in [0.3, 0.4) is 0 Å². The van der Waals surface area contributed by atoms with E-state index in [2.05, 4.69) is 4.90 Å². The first-order valence-electron chi connectivity index (χ1n) is 7.38. The van der Waals surface area contributed by atoms with Crippen molar-refractivity contribution >= 4 is 5.78 Å². The summed E-state index contributed by atoms with van der Waals surface area (Å²) in [5.74, 6) is 0.477. The van der Waals surface area contributed by atoms with Crippen LogP contribution < -0.4 is 0 Å². The predicted molar refractivity (Wildman–Crippen MR) is 68.7 cm³/mol. The quantitative estimate of drug-likeness (QED) is 0.639. The summed E-state index contributed by atoms with van der Waals surface area (Å²) in [6, 6.07) is 0.550. The maximum atomic E-state index is 12.3. The van der Waals surface area contributed by atoms with Crippen LogP contribution in [0, 0.1) is 0 Å². The van der Waals surface area contributed by atoms with Crippen LogP contribution in [0.2, 0.25) is 0 Å². The lowest BCUT2D eigenvalue weighted by molar-refractivity contribution is -0.118. The first-order chi connectivity index (χ1) is 8.36. The molecule has 1 aliphatic carbocycles. The zero-order chi connectivity index (χ0) is 11.7. The van der Waals surface area contributed by atoms with Crippen LogP contribution in [0.25, 0.3) is 0 Å². The van der Waals surface area contributed by atoms with Crippen LogP contribution in [-0.2, 0) is 4.79 Å². The summed E-state index contributed by atoms with van der Waals surface area (Å²) in [5, 5.41) is 0. The number of fused-ring (bicyclic) bond motifs is 2. The molecule has 1 saturated heterocycles. The standard InChI is InChI=1S/C15H23NO/c17-15-11-12-7-5-6-10-16(12)14-9-4-2-1-3-8-13(14)15/h12H,1-11H2. The molecule has 0 radical (unpaired) electrons. The Kier molecular flexibility index (Phi) is 3.21. The lowest BCUT2D eigenvalue weighted by Gasteiger charge is -2.43. The maximum absolute atomic E-state index is 12.3. The number of carbonyl (C=O) groups excluding carboxylic acids is 1. The zero-order valence-corrected chi connectivity index (χ0v) is 10.7. The molecule has 94 valence electrons. The minimum atomic E-state index is 0.477. The summed E-state index contributed by atoms with van der Waals surface area (Å²) in [4.78, 5) is 14.9. The van der Waals surface area contributed by atoms with E-state index in [1.165, 1.54) is 62.8 Å². The third kappa shape index (κ3) is 2.14. The van der Waals surface area contributed by atoms with Gasteiger partial charge in [-0.05, 0) is 44.9 Å². The van der Waals surface area contributed by atoms with Gasteiger partial charge in [-0.3, -0.25) is 4.79 Å². The Balaban J connectivity index is 1.91. The molecule has 0 spiro atoms. The molecule has 1 atom stereocenters. The van der Waals surface area contributed by atoms with Gasteiger partial charge in [-0.1, -0.05) is 12.8 Å². The van der Waals surface area contributed by atoms with Crippen LogP contribution in [0.1, 0.15) is 64.2 Å². The van der Waals surface area contributed by atoms with Crippen LogP contribution in [0.15, 0.2) is 11.3 Å². The van der Waals surface area contributed by atoms with Crippen molar-refractivity contribution in [3.05, 3.63) is 11.3 Å². The second-order valence-corrected chi connectivity index (χ2v) is 5.81. The first-order valence-corrected chi connectivity index (χ1v) is 7.38. The molecule has 2 nitrogen and oxygen atoms in total. The highest BCUT2D eigenvalue weighted by molar-refractivity contribution is 5.97. The highest BCUT2D eigenvalue weighted by Crippen LogP contribution is 2.36. The largest absolute Gasteiger partial charge is 0.371 e. The molecule has 1 fully saturated rings. The zero-order valence-electron chi connectivity index (χ0n) is 10.7. The Morgan fingerprint density at radius 2 is 1.76 bits per heavy atom. The third-order valence-electron chi connectivity index (χ3n) is 4.67. The molecule has 2 heteroatoms. The van der Waals surface area contributed by atoms with E-state index in [9.17, 15) is 4.79 Å². The fourth-order valence-electron chi connectivity index (χ4n) is 3.77. The van der Waals surface area contributed by atoms with Crippen molar-refractivity contribution in [2.75, 3.05) is 6.54 Å². The van der Waals surface area contributed by atoms with Crippen LogP contribution in [-0.4, -0.2) is 23.3 Å². The van der Waals surface area contributed by atoms with Crippen molar-refractivity contribution in [1.82, 2.24) is 4.90 Å². The molecule has 0 N–H and O–H groups in total. The Hall–Kier alpha value is -0.790. The molecule has 0 saturated carbocycles. The average Bonchev–Trinajstić information content (AvgIpc) is 2.29. The lowest BCUT2D eigenvalue weighted by atomic mass is 9.84. The normalized spacial score (nSPS) is 30.5. The van der Waals surface area contributed by atoms with Crippen LogP contribution in [0.4, 0.5) is 0 Å². The summed E-state index contributed by atoms with van der Waals surface area (Å²) in [6.07, 6.45) is 12.1. The highest BCUT2D eigenvalue weighted by Gasteiger charge is 2.34. The van der Waals surface area contributed by atoms with Gasteiger partial charge in [0.05, 0.1) is 0 Å². The van der Waals surface area contributed by atoms with E-state index in [4.69, 9.17) is 0 Å². The molecule has 0 amide bonds. The SMILES string of the molecule is O=C1CC2CCCCN2C2=C1CCCCCC2. The van der Waals surface area contributed by atoms with Crippen LogP contribution >= 0.6 is 0 Å². The van der Waals surface area contributed by atoms with E-state index in [-0.39, 0.29) is 0 Å². The van der Waals surface area contributed by atoms with Gasteiger partial charge in [-0.15, -0.1) is 0 Å². The fraction of sp³-hybridized carbons (Fsp3) is 0.800. The maximum Gasteiger partial charge on any atom is 0.162 e. The summed E-state index contributed by atoms with van der Waals surface area (Å²) in [7, 11) is 0. The molecular weight excluding hydrogens is 210 g/mol. The molecular formula is C15H23NO.